The Morgan fingerprint density at radius 3 is 3.06 bits per heavy atom. The number of hydrogen-bond acceptors (Lipinski definition) is 4. The fraction of sp³-hybridized carbons (Fsp3) is 0.167. The standard InChI is InChI=1S/C12H12BrN3OS/c1-14-11-10(5-8(13)6-15-11)12(17)16-7-9-3-2-4-18-9/h2-6H,7H2,1H3,(H,14,15)(H,16,17). The van der Waals surface area contributed by atoms with Crippen molar-refractivity contribution in [1.82, 2.24) is 10.3 Å². The molecule has 0 aliphatic heterocycles. The smallest absolute Gasteiger partial charge is 0.255 e. The first-order valence-corrected chi connectivity index (χ1v) is 7.02. The number of carbonyl (C=O) groups excluding carboxylic acids is 1. The topological polar surface area (TPSA) is 54.0 Å². The molecular weight excluding hydrogens is 314 g/mol. The van der Waals surface area contributed by atoms with Crippen molar-refractivity contribution in [2.24, 2.45) is 0 Å². The van der Waals surface area contributed by atoms with Crippen LogP contribution in [0.5, 0.6) is 0 Å². The molecule has 0 radical (unpaired) electrons. The van der Waals surface area contributed by atoms with Gasteiger partial charge in [-0.3, -0.25) is 4.79 Å². The van der Waals surface area contributed by atoms with Gasteiger partial charge in [0.1, 0.15) is 5.82 Å². The third-order valence-corrected chi connectivity index (χ3v) is 3.65. The summed E-state index contributed by atoms with van der Waals surface area (Å²) in [5.74, 6) is 0.434. The molecule has 0 atom stereocenters. The highest BCUT2D eigenvalue weighted by molar-refractivity contribution is 9.10. The average molecular weight is 326 g/mol. The summed E-state index contributed by atoms with van der Waals surface area (Å²) in [5.41, 5.74) is 0.531. The number of aromatic nitrogens is 1. The van der Waals surface area contributed by atoms with E-state index in [1.165, 1.54) is 0 Å². The summed E-state index contributed by atoms with van der Waals surface area (Å²) >= 11 is 4.93. The first kappa shape index (κ1) is 13.0. The number of anilines is 1. The summed E-state index contributed by atoms with van der Waals surface area (Å²) in [6.07, 6.45) is 1.65. The lowest BCUT2D eigenvalue weighted by Crippen LogP contribution is -2.23. The van der Waals surface area contributed by atoms with Crippen LogP contribution in [0.15, 0.2) is 34.2 Å². The van der Waals surface area contributed by atoms with Gasteiger partial charge in [-0.25, -0.2) is 4.98 Å². The van der Waals surface area contributed by atoms with E-state index in [1.54, 1.807) is 30.6 Å². The molecule has 0 unspecified atom stereocenters. The molecule has 0 bridgehead atoms. The summed E-state index contributed by atoms with van der Waals surface area (Å²) < 4.78 is 0.780. The predicted molar refractivity (Wildman–Crippen MR) is 77.0 cm³/mol. The molecule has 0 aliphatic rings. The Morgan fingerprint density at radius 1 is 1.56 bits per heavy atom. The highest BCUT2D eigenvalue weighted by Gasteiger charge is 2.12. The van der Waals surface area contributed by atoms with E-state index in [2.05, 4.69) is 31.5 Å². The molecule has 1 amide bonds. The lowest BCUT2D eigenvalue weighted by atomic mass is 10.2. The summed E-state index contributed by atoms with van der Waals surface area (Å²) in [5, 5.41) is 7.77. The zero-order valence-electron chi connectivity index (χ0n) is 9.74. The van der Waals surface area contributed by atoms with E-state index in [4.69, 9.17) is 0 Å². The van der Waals surface area contributed by atoms with Crippen LogP contribution in [0, 0.1) is 0 Å². The third kappa shape index (κ3) is 3.08. The molecule has 94 valence electrons. The molecule has 0 fully saturated rings. The molecule has 2 aromatic rings. The Bertz CT molecular complexity index is 542. The van der Waals surface area contributed by atoms with Crippen molar-refractivity contribution in [3.8, 4) is 0 Å². The fourth-order valence-corrected chi connectivity index (χ4v) is 2.46. The molecule has 2 N–H and O–H groups in total. The molecule has 2 heterocycles. The SMILES string of the molecule is CNc1ncc(Br)cc1C(=O)NCc1cccs1. The molecule has 4 nitrogen and oxygen atoms in total. The third-order valence-electron chi connectivity index (χ3n) is 2.34. The second kappa shape index (κ2) is 5.97. The zero-order chi connectivity index (χ0) is 13.0. The maximum Gasteiger partial charge on any atom is 0.255 e. The van der Waals surface area contributed by atoms with Crippen LogP contribution in [0.4, 0.5) is 5.82 Å². The first-order valence-electron chi connectivity index (χ1n) is 5.34. The van der Waals surface area contributed by atoms with Crippen LogP contribution in [0.2, 0.25) is 0 Å². The maximum absolute atomic E-state index is 12.1. The lowest BCUT2D eigenvalue weighted by molar-refractivity contribution is 0.0952. The van der Waals surface area contributed by atoms with E-state index in [0.29, 0.717) is 17.9 Å². The van der Waals surface area contributed by atoms with Crippen LogP contribution < -0.4 is 10.6 Å². The number of pyridine rings is 1. The summed E-state index contributed by atoms with van der Waals surface area (Å²) in [6.45, 7) is 0.534. The number of nitrogens with zero attached hydrogens (tertiary/aromatic N) is 1. The van der Waals surface area contributed by atoms with Gasteiger partial charge in [-0.1, -0.05) is 6.07 Å². The van der Waals surface area contributed by atoms with Crippen LogP contribution in [0.3, 0.4) is 0 Å². The first-order chi connectivity index (χ1) is 8.70. The minimum Gasteiger partial charge on any atom is -0.372 e. The van der Waals surface area contributed by atoms with Crippen molar-refractivity contribution in [2.45, 2.75) is 6.54 Å². The molecule has 2 rings (SSSR count). The molecule has 0 aromatic carbocycles. The van der Waals surface area contributed by atoms with Gasteiger partial charge in [0.15, 0.2) is 0 Å². The van der Waals surface area contributed by atoms with Gasteiger partial charge in [0.2, 0.25) is 0 Å². The Hall–Kier alpha value is -1.40. The van der Waals surface area contributed by atoms with Gasteiger partial charge in [0, 0.05) is 22.6 Å². The van der Waals surface area contributed by atoms with Crippen LogP contribution in [0.25, 0.3) is 0 Å². The highest BCUT2D eigenvalue weighted by atomic mass is 79.9. The number of halogens is 1. The lowest BCUT2D eigenvalue weighted by Gasteiger charge is -2.08. The molecule has 18 heavy (non-hydrogen) atoms. The number of thiophene rings is 1. The zero-order valence-corrected chi connectivity index (χ0v) is 12.1. The van der Waals surface area contributed by atoms with Gasteiger partial charge in [-0.2, -0.15) is 0 Å². The number of carbonyl (C=O) groups is 1. The van der Waals surface area contributed by atoms with E-state index < -0.39 is 0 Å². The number of amides is 1. The Kier molecular flexibility index (Phi) is 4.33. The van der Waals surface area contributed by atoms with E-state index >= 15 is 0 Å². The van der Waals surface area contributed by atoms with E-state index in [0.717, 1.165) is 9.35 Å². The molecule has 2 aromatic heterocycles. The highest BCUT2D eigenvalue weighted by Crippen LogP contribution is 2.18. The van der Waals surface area contributed by atoms with Gasteiger partial charge in [-0.15, -0.1) is 11.3 Å². The maximum atomic E-state index is 12.1. The summed E-state index contributed by atoms with van der Waals surface area (Å²) in [7, 11) is 1.74. The van der Waals surface area contributed by atoms with Gasteiger partial charge in [0.05, 0.1) is 12.1 Å². The predicted octanol–water partition coefficient (Wildman–Crippen LogP) is 2.88. The van der Waals surface area contributed by atoms with Crippen molar-refractivity contribution in [3.05, 3.63) is 44.7 Å². The van der Waals surface area contributed by atoms with Crippen molar-refractivity contribution in [3.63, 3.8) is 0 Å². The Balaban J connectivity index is 2.10. The van der Waals surface area contributed by atoms with Crippen molar-refractivity contribution < 1.29 is 4.79 Å². The monoisotopic (exact) mass is 325 g/mol. The normalized spacial score (nSPS) is 10.1. The summed E-state index contributed by atoms with van der Waals surface area (Å²) in [4.78, 5) is 17.3. The Labute approximate surface area is 118 Å². The van der Waals surface area contributed by atoms with E-state index in [1.807, 2.05) is 17.5 Å². The van der Waals surface area contributed by atoms with Gasteiger partial charge in [0.25, 0.3) is 5.91 Å². The molecule has 0 aliphatic carbocycles. The van der Waals surface area contributed by atoms with E-state index in [-0.39, 0.29) is 5.91 Å². The molecule has 0 saturated carbocycles. The number of hydrogen-bond donors (Lipinski definition) is 2. The van der Waals surface area contributed by atoms with Crippen LogP contribution in [-0.4, -0.2) is 17.9 Å². The van der Waals surface area contributed by atoms with Crippen LogP contribution in [0.1, 0.15) is 15.2 Å². The van der Waals surface area contributed by atoms with Crippen molar-refractivity contribution >= 4 is 39.0 Å². The van der Waals surface area contributed by atoms with Gasteiger partial charge in [-0.05, 0) is 33.4 Å². The van der Waals surface area contributed by atoms with E-state index in [9.17, 15) is 4.79 Å². The minimum atomic E-state index is -0.137. The molecule has 6 heteroatoms. The number of nitrogens with one attached hydrogen (secondary N) is 2. The average Bonchev–Trinajstić information content (AvgIpc) is 2.89. The van der Waals surface area contributed by atoms with Crippen molar-refractivity contribution in [2.75, 3.05) is 12.4 Å². The van der Waals surface area contributed by atoms with Crippen LogP contribution >= 0.6 is 27.3 Å². The van der Waals surface area contributed by atoms with Gasteiger partial charge >= 0.3 is 0 Å². The van der Waals surface area contributed by atoms with Crippen molar-refractivity contribution in [1.29, 1.82) is 0 Å². The molecule has 0 saturated heterocycles. The second-order valence-electron chi connectivity index (χ2n) is 3.56. The quantitative estimate of drug-likeness (QED) is 0.908. The van der Waals surface area contributed by atoms with Crippen LogP contribution in [-0.2, 0) is 6.54 Å². The molecular formula is C12H12BrN3OS. The fourth-order valence-electron chi connectivity index (χ4n) is 1.49. The number of rotatable bonds is 4. The largest absolute Gasteiger partial charge is 0.372 e. The summed E-state index contributed by atoms with van der Waals surface area (Å²) in [6, 6.07) is 5.71. The minimum absolute atomic E-state index is 0.137. The Morgan fingerprint density at radius 2 is 2.39 bits per heavy atom. The second-order valence-corrected chi connectivity index (χ2v) is 5.51. The van der Waals surface area contributed by atoms with Gasteiger partial charge < -0.3 is 10.6 Å². The molecule has 0 spiro atoms.